The molecule has 2 nitrogen and oxygen atoms in total. The van der Waals surface area contributed by atoms with Crippen molar-refractivity contribution in [2.24, 2.45) is 11.8 Å². The molecule has 0 aliphatic heterocycles. The normalized spacial score (nSPS) is 28.2. The monoisotopic (exact) mass is 173 g/mol. The average molecular weight is 173 g/mol. The lowest BCUT2D eigenvalue weighted by atomic mass is 10.3. The van der Waals surface area contributed by atoms with Crippen molar-refractivity contribution in [2.45, 2.75) is 13.3 Å². The number of hydrogen-bond acceptors (Lipinski definition) is 2. The van der Waals surface area contributed by atoms with Crippen LogP contribution in [-0.2, 0) is 4.79 Å². The first-order chi connectivity index (χ1) is 5.25. The van der Waals surface area contributed by atoms with Gasteiger partial charge < -0.3 is 5.32 Å². The number of rotatable bonds is 4. The fraction of sp³-hybridized carbons (Fsp3) is 0.875. The molecule has 0 saturated heterocycles. The number of hydrogen-bond donors (Lipinski definition) is 1. The van der Waals surface area contributed by atoms with Gasteiger partial charge in [0, 0.05) is 18.2 Å². The number of nitrogens with one attached hydrogen (secondary N) is 1. The van der Waals surface area contributed by atoms with Crippen LogP contribution in [-0.4, -0.2) is 24.5 Å². The second kappa shape index (κ2) is 4.00. The minimum Gasteiger partial charge on any atom is -0.355 e. The van der Waals surface area contributed by atoms with E-state index < -0.39 is 0 Å². The van der Waals surface area contributed by atoms with E-state index in [1.165, 1.54) is 0 Å². The maximum absolute atomic E-state index is 11.2. The van der Waals surface area contributed by atoms with Crippen LogP contribution in [0.3, 0.4) is 0 Å². The minimum absolute atomic E-state index is 0.256. The van der Waals surface area contributed by atoms with Gasteiger partial charge in [0.25, 0.3) is 0 Å². The van der Waals surface area contributed by atoms with Gasteiger partial charge in [-0.15, -0.1) is 0 Å². The molecular weight excluding hydrogens is 158 g/mol. The van der Waals surface area contributed by atoms with E-state index in [-0.39, 0.29) is 5.91 Å². The first kappa shape index (κ1) is 8.91. The molecule has 11 heavy (non-hydrogen) atoms. The van der Waals surface area contributed by atoms with E-state index in [2.05, 4.69) is 12.2 Å². The molecule has 1 aliphatic carbocycles. The molecule has 1 N–H and O–H groups in total. The highest BCUT2D eigenvalue weighted by molar-refractivity contribution is 7.98. The minimum atomic E-state index is 0.256. The summed E-state index contributed by atoms with van der Waals surface area (Å²) >= 11 is 1.76. The zero-order valence-electron chi connectivity index (χ0n) is 7.09. The molecule has 0 aromatic carbocycles. The van der Waals surface area contributed by atoms with E-state index in [0.29, 0.717) is 11.8 Å². The molecule has 1 saturated carbocycles. The molecule has 0 spiro atoms. The van der Waals surface area contributed by atoms with E-state index in [9.17, 15) is 4.79 Å². The van der Waals surface area contributed by atoms with E-state index in [4.69, 9.17) is 0 Å². The molecule has 0 aromatic heterocycles. The zero-order valence-corrected chi connectivity index (χ0v) is 7.91. The van der Waals surface area contributed by atoms with E-state index in [1.54, 1.807) is 11.8 Å². The van der Waals surface area contributed by atoms with Gasteiger partial charge in [0.1, 0.15) is 0 Å². The van der Waals surface area contributed by atoms with Crippen molar-refractivity contribution >= 4 is 17.7 Å². The Balaban J connectivity index is 2.03. The summed E-state index contributed by atoms with van der Waals surface area (Å²) in [6.45, 7) is 2.95. The highest BCUT2D eigenvalue weighted by Gasteiger charge is 2.38. The SMILES string of the molecule is CSCCNC(=O)C1CC1C. The standard InChI is InChI=1S/C8H15NOS/c1-6-5-7(6)8(10)9-3-4-11-2/h6-7H,3-5H2,1-2H3,(H,9,10). The predicted molar refractivity (Wildman–Crippen MR) is 48.7 cm³/mol. The fourth-order valence-corrected chi connectivity index (χ4v) is 1.40. The van der Waals surface area contributed by atoms with Crippen molar-refractivity contribution in [3.63, 3.8) is 0 Å². The summed E-state index contributed by atoms with van der Waals surface area (Å²) in [5.41, 5.74) is 0. The van der Waals surface area contributed by atoms with Crippen molar-refractivity contribution in [1.82, 2.24) is 5.32 Å². The summed E-state index contributed by atoms with van der Waals surface area (Å²) in [5, 5.41) is 2.92. The van der Waals surface area contributed by atoms with Crippen molar-refractivity contribution < 1.29 is 4.79 Å². The van der Waals surface area contributed by atoms with E-state index in [1.807, 2.05) is 6.26 Å². The Hall–Kier alpha value is -0.180. The lowest BCUT2D eigenvalue weighted by Crippen LogP contribution is -2.27. The zero-order chi connectivity index (χ0) is 8.27. The molecule has 2 unspecified atom stereocenters. The lowest BCUT2D eigenvalue weighted by Gasteiger charge is -2.01. The van der Waals surface area contributed by atoms with Crippen LogP contribution >= 0.6 is 11.8 Å². The Morgan fingerprint density at radius 3 is 2.82 bits per heavy atom. The van der Waals surface area contributed by atoms with E-state index >= 15 is 0 Å². The highest BCUT2D eigenvalue weighted by atomic mass is 32.2. The number of amides is 1. The quantitative estimate of drug-likeness (QED) is 0.645. The Kier molecular flexibility index (Phi) is 3.24. The molecule has 64 valence electrons. The summed E-state index contributed by atoms with van der Waals surface area (Å²) in [5.74, 6) is 2.24. The Bertz CT molecular complexity index is 149. The smallest absolute Gasteiger partial charge is 0.223 e. The number of carbonyl (C=O) groups is 1. The number of thioether (sulfide) groups is 1. The van der Waals surface area contributed by atoms with Gasteiger partial charge in [-0.2, -0.15) is 11.8 Å². The third-order valence-electron chi connectivity index (χ3n) is 2.05. The van der Waals surface area contributed by atoms with Gasteiger partial charge in [0.15, 0.2) is 0 Å². The third kappa shape index (κ3) is 2.73. The highest BCUT2D eigenvalue weighted by Crippen LogP contribution is 2.37. The van der Waals surface area contributed by atoms with Gasteiger partial charge in [-0.25, -0.2) is 0 Å². The van der Waals surface area contributed by atoms with Crippen LogP contribution in [0.15, 0.2) is 0 Å². The molecule has 1 rings (SSSR count). The number of carbonyl (C=O) groups excluding carboxylic acids is 1. The van der Waals surface area contributed by atoms with Gasteiger partial charge in [0.2, 0.25) is 5.91 Å². The van der Waals surface area contributed by atoms with Crippen LogP contribution < -0.4 is 5.32 Å². The molecular formula is C8H15NOS. The molecule has 2 atom stereocenters. The largest absolute Gasteiger partial charge is 0.355 e. The van der Waals surface area contributed by atoms with Crippen LogP contribution in [0.4, 0.5) is 0 Å². The average Bonchev–Trinajstić information content (AvgIpc) is 2.67. The second-order valence-electron chi connectivity index (χ2n) is 3.10. The summed E-state index contributed by atoms with van der Waals surface area (Å²) in [7, 11) is 0. The summed E-state index contributed by atoms with van der Waals surface area (Å²) < 4.78 is 0. The topological polar surface area (TPSA) is 29.1 Å². The maximum atomic E-state index is 11.2. The summed E-state index contributed by atoms with van der Waals surface area (Å²) in [6, 6.07) is 0. The van der Waals surface area contributed by atoms with Crippen molar-refractivity contribution in [3.8, 4) is 0 Å². The molecule has 1 fully saturated rings. The molecule has 0 heterocycles. The second-order valence-corrected chi connectivity index (χ2v) is 4.09. The van der Waals surface area contributed by atoms with Crippen LogP contribution in [0.2, 0.25) is 0 Å². The maximum Gasteiger partial charge on any atom is 0.223 e. The fourth-order valence-electron chi connectivity index (χ4n) is 1.09. The van der Waals surface area contributed by atoms with Crippen LogP contribution in [0, 0.1) is 11.8 Å². The van der Waals surface area contributed by atoms with Crippen LogP contribution in [0.1, 0.15) is 13.3 Å². The van der Waals surface area contributed by atoms with Gasteiger partial charge >= 0.3 is 0 Å². The third-order valence-corrected chi connectivity index (χ3v) is 2.66. The van der Waals surface area contributed by atoms with Gasteiger partial charge in [-0.1, -0.05) is 6.92 Å². The summed E-state index contributed by atoms with van der Waals surface area (Å²) in [6.07, 6.45) is 3.14. The Morgan fingerprint density at radius 1 is 1.73 bits per heavy atom. The van der Waals surface area contributed by atoms with Crippen molar-refractivity contribution in [3.05, 3.63) is 0 Å². The van der Waals surface area contributed by atoms with Crippen molar-refractivity contribution in [1.29, 1.82) is 0 Å². The van der Waals surface area contributed by atoms with Gasteiger partial charge in [-0.3, -0.25) is 4.79 Å². The van der Waals surface area contributed by atoms with Crippen LogP contribution in [0.5, 0.6) is 0 Å². The van der Waals surface area contributed by atoms with Crippen LogP contribution in [0.25, 0.3) is 0 Å². The molecule has 0 radical (unpaired) electrons. The Labute approximate surface area is 72.1 Å². The molecule has 0 bridgehead atoms. The molecule has 0 aromatic rings. The molecule has 1 aliphatic rings. The lowest BCUT2D eigenvalue weighted by molar-refractivity contribution is -0.122. The molecule has 3 heteroatoms. The van der Waals surface area contributed by atoms with Crippen molar-refractivity contribution in [2.75, 3.05) is 18.6 Å². The van der Waals surface area contributed by atoms with E-state index in [0.717, 1.165) is 18.7 Å². The Morgan fingerprint density at radius 2 is 2.36 bits per heavy atom. The molecule has 1 amide bonds. The first-order valence-corrected chi connectivity index (χ1v) is 5.41. The van der Waals surface area contributed by atoms with Gasteiger partial charge in [-0.05, 0) is 18.6 Å². The summed E-state index contributed by atoms with van der Waals surface area (Å²) in [4.78, 5) is 11.2. The first-order valence-electron chi connectivity index (χ1n) is 4.02. The van der Waals surface area contributed by atoms with Gasteiger partial charge in [0.05, 0.1) is 0 Å². The predicted octanol–water partition coefficient (Wildman–Crippen LogP) is 1.12.